The molecule has 2 unspecified atom stereocenters. The molecule has 0 N–H and O–H groups in total. The Morgan fingerprint density at radius 3 is 1.55 bits per heavy atom. The molecule has 0 spiro atoms. The molecule has 0 amide bonds. The van der Waals surface area contributed by atoms with Crippen molar-refractivity contribution in [3.05, 3.63) is 143 Å². The van der Waals surface area contributed by atoms with E-state index in [4.69, 9.17) is 47.4 Å². The van der Waals surface area contributed by atoms with Crippen molar-refractivity contribution in [2.24, 2.45) is 0 Å². The molecular weight excluding hydrogens is 837 g/mol. The quantitative estimate of drug-likeness (QED) is 0.0345. The van der Waals surface area contributed by atoms with E-state index in [2.05, 4.69) is 126 Å². The van der Waals surface area contributed by atoms with E-state index in [1.807, 2.05) is 0 Å². The maximum Gasteiger partial charge on any atom is 0.244 e. The minimum Gasteiger partial charge on any atom is -0.382 e. The second kappa shape index (κ2) is 27.7. The summed E-state index contributed by atoms with van der Waals surface area (Å²) in [5.41, 5.74) is 6.98. The van der Waals surface area contributed by atoms with Crippen LogP contribution in [-0.2, 0) is 86.5 Å². The molecule has 12 heteroatoms. The monoisotopic (exact) mass is 910 g/mol. The maximum absolute atomic E-state index is 7.05. The molecule has 0 aromatic heterocycles. The van der Waals surface area contributed by atoms with Crippen LogP contribution in [0, 0.1) is 0 Å². The topological polar surface area (TPSA) is 98.6 Å². The van der Waals surface area contributed by atoms with E-state index in [9.17, 15) is 0 Å². The van der Waals surface area contributed by atoms with E-state index in [0.29, 0.717) is 65.6 Å². The van der Waals surface area contributed by atoms with Crippen LogP contribution in [0.2, 0.25) is 0 Å². The van der Waals surface area contributed by atoms with Crippen LogP contribution in [0.25, 0.3) is 0 Å². The summed E-state index contributed by atoms with van der Waals surface area (Å²) < 4.78 is 63.6. The summed E-state index contributed by atoms with van der Waals surface area (Å²) in [5, 5.41) is 0. The van der Waals surface area contributed by atoms with Gasteiger partial charge in [-0.2, -0.15) is 0 Å². The molecule has 6 atom stereocenters. The average molecular weight is 910 g/mol. The molecule has 0 saturated carbocycles. The predicted molar refractivity (Wildman–Crippen MR) is 253 cm³/mol. The van der Waals surface area contributed by atoms with Crippen molar-refractivity contribution >= 4 is 5.84 Å². The highest BCUT2D eigenvalue weighted by Crippen LogP contribution is 2.31. The van der Waals surface area contributed by atoms with E-state index in [-0.39, 0.29) is 38.2 Å². The molecule has 358 valence electrons. The smallest absolute Gasteiger partial charge is 0.244 e. The zero-order chi connectivity index (χ0) is 45.6. The Bertz CT molecular complexity index is 1960. The number of methoxy groups -OCH3 is 2. The zero-order valence-electron chi connectivity index (χ0n) is 39.5. The largest absolute Gasteiger partial charge is 0.382 e. The van der Waals surface area contributed by atoms with E-state index >= 15 is 0 Å². The molecule has 0 bridgehead atoms. The fourth-order valence-electron chi connectivity index (χ4n) is 9.07. The molecule has 0 radical (unpaired) electrons. The van der Waals surface area contributed by atoms with Gasteiger partial charge in [-0.15, -0.1) is 0 Å². The van der Waals surface area contributed by atoms with Crippen LogP contribution in [0.5, 0.6) is 0 Å². The highest BCUT2D eigenvalue weighted by atomic mass is 16.7. The first kappa shape index (κ1) is 49.8. The first-order valence-electron chi connectivity index (χ1n) is 24.0. The van der Waals surface area contributed by atoms with Crippen LogP contribution in [0.3, 0.4) is 0 Å². The molecule has 3 aliphatic rings. The summed E-state index contributed by atoms with van der Waals surface area (Å²) in [5.74, 6) is 1.13. The summed E-state index contributed by atoms with van der Waals surface area (Å²) in [6, 6.07) is 38.6. The van der Waals surface area contributed by atoms with Crippen LogP contribution in [0.15, 0.2) is 109 Å². The molecule has 4 aromatic carbocycles. The zero-order valence-corrected chi connectivity index (χ0v) is 39.5. The van der Waals surface area contributed by atoms with Crippen molar-refractivity contribution < 1.29 is 51.9 Å². The van der Waals surface area contributed by atoms with Gasteiger partial charge in [0.15, 0.2) is 12.6 Å². The minimum absolute atomic E-state index is 0.0729. The summed E-state index contributed by atoms with van der Waals surface area (Å²) in [6.07, 6.45) is 6.52. The summed E-state index contributed by atoms with van der Waals surface area (Å²) >= 11 is 0. The van der Waals surface area contributed by atoms with Crippen molar-refractivity contribution in [3.63, 3.8) is 0 Å². The number of hydrogen-bond donors (Lipinski definition) is 0. The third-order valence-electron chi connectivity index (χ3n) is 12.7. The van der Waals surface area contributed by atoms with E-state index in [1.54, 1.807) is 14.2 Å². The number of hydrogen-bond acceptors (Lipinski definition) is 11. The first-order chi connectivity index (χ1) is 32.6. The maximum atomic E-state index is 7.05. The van der Waals surface area contributed by atoms with Gasteiger partial charge in [0.1, 0.15) is 51.0 Å². The Morgan fingerprint density at radius 2 is 1.03 bits per heavy atom. The standard InChI is InChI=1S/C54H73N2O10/c1-42-55(36-45-20-24-47(25-21-45)38-63-51-18-10-12-28-61-51)49(34-43-14-6-4-7-15-43)53(65-40-59-32-30-57-2)54(66-41-60-33-31-58-3)50(35-44-16-8-5-9-17-44)56(42)37-46-22-26-48(27-23-46)39-64-52-19-11-13-29-62-52/h4-9,14-17,20-27,49-54H,10-13,18-19,28-41H2,1-3H3/q+1/t49-,50-,51?,52?,53+,54+/m1/s1. The van der Waals surface area contributed by atoms with Gasteiger partial charge in [0.25, 0.3) is 0 Å². The third kappa shape index (κ3) is 15.5. The normalized spacial score (nSPS) is 22.7. The highest BCUT2D eigenvalue weighted by molar-refractivity contribution is 5.75. The summed E-state index contributed by atoms with van der Waals surface area (Å²) in [4.78, 5) is 2.54. The van der Waals surface area contributed by atoms with Crippen LogP contribution in [0.1, 0.15) is 78.8 Å². The Labute approximate surface area is 393 Å². The Hall–Kier alpha value is -4.05. The van der Waals surface area contributed by atoms with Gasteiger partial charge in [-0.1, -0.05) is 109 Å². The molecule has 0 aliphatic carbocycles. The molecule has 2 fully saturated rings. The minimum atomic E-state index is -0.461. The lowest BCUT2D eigenvalue weighted by Crippen LogP contribution is -2.54. The summed E-state index contributed by atoms with van der Waals surface area (Å²) in [7, 11) is 3.35. The van der Waals surface area contributed by atoms with Gasteiger partial charge in [0.2, 0.25) is 5.84 Å². The molecule has 12 nitrogen and oxygen atoms in total. The molecule has 2 saturated heterocycles. The molecular formula is C54H73N2O10+. The van der Waals surface area contributed by atoms with E-state index in [1.165, 1.54) is 22.3 Å². The SMILES string of the molecule is COCCOCO[C@@H]1[C@@H](OCOCCOC)[C@@H](Cc2ccccc2)[N+](Cc2ccc(COC3CCCCO3)cc2)=C(C)N(Cc2ccc(COC3CCCCO3)cc2)[C@@H]1Cc1ccccc1. The second-order valence-corrected chi connectivity index (χ2v) is 17.5. The van der Waals surface area contributed by atoms with Gasteiger partial charge in [-0.05, 0) is 71.9 Å². The molecule has 7 rings (SSSR count). The van der Waals surface area contributed by atoms with Crippen LogP contribution >= 0.6 is 0 Å². The number of ether oxygens (including phenoxy) is 10. The van der Waals surface area contributed by atoms with Crippen molar-refractivity contribution in [2.75, 3.05) is 67.4 Å². The van der Waals surface area contributed by atoms with Crippen molar-refractivity contribution in [3.8, 4) is 0 Å². The lowest BCUT2D eigenvalue weighted by atomic mass is 9.90. The first-order valence-corrected chi connectivity index (χ1v) is 24.0. The molecule has 3 aliphatic heterocycles. The van der Waals surface area contributed by atoms with Crippen LogP contribution in [-0.4, -0.2) is 120 Å². The fourth-order valence-corrected chi connectivity index (χ4v) is 9.07. The van der Waals surface area contributed by atoms with Gasteiger partial charge in [-0.25, -0.2) is 0 Å². The average Bonchev–Trinajstić information content (AvgIpc) is 3.43. The van der Waals surface area contributed by atoms with E-state index in [0.717, 1.165) is 68.7 Å². The predicted octanol–water partition coefficient (Wildman–Crippen LogP) is 8.45. The lowest BCUT2D eigenvalue weighted by Gasteiger charge is -2.36. The van der Waals surface area contributed by atoms with Gasteiger partial charge in [-0.3, -0.25) is 9.48 Å². The third-order valence-corrected chi connectivity index (χ3v) is 12.7. The second-order valence-electron chi connectivity index (χ2n) is 17.5. The number of amidine groups is 1. The van der Waals surface area contributed by atoms with Crippen LogP contribution in [0.4, 0.5) is 0 Å². The van der Waals surface area contributed by atoms with Crippen molar-refractivity contribution in [1.82, 2.24) is 4.90 Å². The number of rotatable bonds is 26. The molecule has 4 aromatic rings. The van der Waals surface area contributed by atoms with Crippen molar-refractivity contribution in [1.29, 1.82) is 0 Å². The Morgan fingerprint density at radius 1 is 0.530 bits per heavy atom. The van der Waals surface area contributed by atoms with Crippen molar-refractivity contribution in [2.45, 2.75) is 121 Å². The fraction of sp³-hybridized carbons (Fsp3) is 0.537. The highest BCUT2D eigenvalue weighted by Gasteiger charge is 2.49. The summed E-state index contributed by atoms with van der Waals surface area (Å²) in [6.45, 7) is 7.95. The van der Waals surface area contributed by atoms with E-state index < -0.39 is 12.2 Å². The number of benzene rings is 4. The van der Waals surface area contributed by atoms with Gasteiger partial charge < -0.3 is 47.4 Å². The van der Waals surface area contributed by atoms with Crippen LogP contribution < -0.4 is 0 Å². The molecule has 3 heterocycles. The Balaban J connectivity index is 1.28. The Kier molecular flexibility index (Phi) is 20.9. The van der Waals surface area contributed by atoms with Gasteiger partial charge in [0.05, 0.1) is 39.6 Å². The number of nitrogens with zero attached hydrogens (tertiary/aromatic N) is 2. The lowest BCUT2D eigenvalue weighted by molar-refractivity contribution is -0.596. The van der Waals surface area contributed by atoms with Gasteiger partial charge >= 0.3 is 0 Å². The molecule has 66 heavy (non-hydrogen) atoms. The van der Waals surface area contributed by atoms with Gasteiger partial charge in [0, 0.05) is 47.2 Å².